The molecule has 0 fully saturated rings. The third-order valence-corrected chi connectivity index (χ3v) is 14.6. The molecule has 0 bridgehead atoms. The van der Waals surface area contributed by atoms with Crippen LogP contribution < -0.4 is 9.30 Å². The van der Waals surface area contributed by atoms with Crippen molar-refractivity contribution in [3.63, 3.8) is 0 Å². The van der Waals surface area contributed by atoms with Crippen LogP contribution in [0, 0.1) is 18.5 Å². The van der Waals surface area contributed by atoms with Gasteiger partial charge in [-0.25, -0.2) is 4.98 Å². The summed E-state index contributed by atoms with van der Waals surface area (Å²) in [6.45, 7) is 19.2. The Balaban J connectivity index is 0.00000800. The van der Waals surface area contributed by atoms with Gasteiger partial charge >= 0.3 is 0 Å². The number of imidazole rings is 1. The SMILES string of the molecule is [2H]c1c([2H])c([2H])c(-c2cc3c4c(c2)n(-c2[c-]c(Oc5[c-]c6c(cc5)c5ccccc5n6-c5cc(C(C)(C)C)ccn5)ccc2)[c-][n+]4-c2c(-c4cc(C(C)(C)C)cc(C(C)(C)C)c4)cccc2-c2c([2H])c([2H])c([2H])c([2H])c2-c2c([2H])c([2H])c([2H])c([2H])c2-3)c([2H])c1[2H].[Pt]. The number of hydrogen-bond donors (Lipinski definition) is 0. The predicted octanol–water partition coefficient (Wildman–Crippen LogP) is 18.1. The molecular formula is C72H60N4OPt-2. The Morgan fingerprint density at radius 1 is 0.487 bits per heavy atom. The standard InChI is InChI=1S/C72H60N4O.Pt/c1-70(2,3)49-35-36-73-67(42-49)76-64-32-18-17-29-60(64)61-34-33-54(44-65(61)76)77-53-24-19-23-52(43-53)74-45-75-68-55(48-37-50(71(4,5)6)41-51(38-48)72(7,8)9)30-20-31-62(68)58-27-15-13-25-56(58)57-26-14-16-28-59(57)63-39-47(40-66(74)69(63)75)46-21-11-10-12-22-46;/h10-42H,1-9H3;/q-2;/i10D,11D,12D,13D,14D,15D,16D,21D,22D,25D,26D,27D,28D;. The van der Waals surface area contributed by atoms with Crippen molar-refractivity contribution in [2.24, 2.45) is 0 Å². The normalized spacial score (nSPS) is 14.7. The van der Waals surface area contributed by atoms with E-state index in [4.69, 9.17) is 13.8 Å². The van der Waals surface area contributed by atoms with E-state index in [9.17, 15) is 13.7 Å². The van der Waals surface area contributed by atoms with Crippen molar-refractivity contribution in [1.82, 2.24) is 14.1 Å². The number of fused-ring (bicyclic) bond motifs is 10. The van der Waals surface area contributed by atoms with E-state index in [2.05, 4.69) is 116 Å². The quantitative estimate of drug-likeness (QED) is 0.123. The number of pyridine rings is 1. The molecule has 0 unspecified atom stereocenters. The van der Waals surface area contributed by atoms with Gasteiger partial charge in [0.1, 0.15) is 5.82 Å². The monoisotopic (exact) mass is 1200 g/mol. The summed E-state index contributed by atoms with van der Waals surface area (Å²) in [6, 6.07) is 35.8. The average molecular weight is 1210 g/mol. The van der Waals surface area contributed by atoms with Gasteiger partial charge in [0.15, 0.2) is 0 Å². The molecule has 1 aliphatic rings. The molecule has 9 aromatic carbocycles. The van der Waals surface area contributed by atoms with Crippen LogP contribution >= 0.6 is 0 Å². The topological polar surface area (TPSA) is 35.9 Å². The van der Waals surface area contributed by atoms with Crippen molar-refractivity contribution >= 4 is 32.8 Å². The first-order valence-electron chi connectivity index (χ1n) is 32.2. The number of rotatable bonds is 6. The molecule has 0 saturated heterocycles. The second-order valence-corrected chi connectivity index (χ2v) is 22.8. The van der Waals surface area contributed by atoms with E-state index in [-0.39, 0.29) is 98.6 Å². The molecule has 3 aromatic heterocycles. The third-order valence-electron chi connectivity index (χ3n) is 14.6. The molecule has 1 aliphatic heterocycles. The van der Waals surface area contributed by atoms with Crippen LogP contribution in [0.5, 0.6) is 11.5 Å². The number of ether oxygens (including phenoxy) is 1. The number of nitrogens with zero attached hydrogens (tertiary/aromatic N) is 4. The summed E-state index contributed by atoms with van der Waals surface area (Å²) >= 11 is 0. The minimum absolute atomic E-state index is 0. The maximum atomic E-state index is 9.96. The van der Waals surface area contributed by atoms with Crippen molar-refractivity contribution in [3.8, 4) is 84.3 Å². The molecule has 4 heterocycles. The van der Waals surface area contributed by atoms with E-state index in [1.807, 2.05) is 48.7 Å². The van der Waals surface area contributed by atoms with Crippen LogP contribution in [0.3, 0.4) is 0 Å². The Bertz CT molecular complexity index is 5050. The van der Waals surface area contributed by atoms with Crippen molar-refractivity contribution in [1.29, 1.82) is 0 Å². The van der Waals surface area contributed by atoms with Gasteiger partial charge in [0, 0.05) is 44.3 Å². The van der Waals surface area contributed by atoms with Gasteiger partial charge in [0.2, 0.25) is 0 Å². The molecule has 0 N–H and O–H groups in total. The van der Waals surface area contributed by atoms with Gasteiger partial charge in [0.25, 0.3) is 6.33 Å². The Labute approximate surface area is 491 Å². The zero-order chi connectivity index (χ0) is 64.3. The summed E-state index contributed by atoms with van der Waals surface area (Å²) in [5.74, 6) is 1.32. The molecule has 0 spiro atoms. The van der Waals surface area contributed by atoms with Crippen LogP contribution in [0.4, 0.5) is 0 Å². The van der Waals surface area contributed by atoms with Gasteiger partial charge in [-0.1, -0.05) is 207 Å². The molecule has 0 aliphatic carbocycles. The van der Waals surface area contributed by atoms with Crippen LogP contribution in [0.1, 0.15) is 96.8 Å². The average Bonchev–Trinajstić information content (AvgIpc) is 1.63. The van der Waals surface area contributed by atoms with E-state index in [0.717, 1.165) is 44.1 Å². The van der Waals surface area contributed by atoms with Gasteiger partial charge in [0.05, 0.1) is 34.5 Å². The fourth-order valence-electron chi connectivity index (χ4n) is 10.5. The molecular weight excluding hydrogens is 1130 g/mol. The van der Waals surface area contributed by atoms with E-state index in [1.165, 1.54) is 6.07 Å². The number of para-hydroxylation sites is 2. The van der Waals surface area contributed by atoms with E-state index >= 15 is 0 Å². The Morgan fingerprint density at radius 3 is 1.79 bits per heavy atom. The fraction of sp³-hybridized carbons (Fsp3) is 0.167. The minimum Gasteiger partial charge on any atom is -0.510 e. The van der Waals surface area contributed by atoms with Crippen LogP contribution in [-0.2, 0) is 37.3 Å². The first kappa shape index (κ1) is 37.6. The molecule has 78 heavy (non-hydrogen) atoms. The van der Waals surface area contributed by atoms with Crippen molar-refractivity contribution in [3.05, 3.63) is 235 Å². The van der Waals surface area contributed by atoms with E-state index in [1.54, 1.807) is 45.5 Å². The van der Waals surface area contributed by atoms with Crippen LogP contribution in [0.25, 0.3) is 106 Å². The second-order valence-electron chi connectivity index (χ2n) is 22.8. The second kappa shape index (κ2) is 19.1. The van der Waals surface area contributed by atoms with E-state index in [0.29, 0.717) is 28.5 Å². The summed E-state index contributed by atoms with van der Waals surface area (Å²) in [5.41, 5.74) is 6.04. The smallest absolute Gasteiger partial charge is 0.268 e. The Hall–Kier alpha value is -8.11. The summed E-state index contributed by atoms with van der Waals surface area (Å²) in [6.07, 6.45) is 5.45. The summed E-state index contributed by atoms with van der Waals surface area (Å²) < 4.78 is 134. The van der Waals surface area contributed by atoms with Gasteiger partial charge < -0.3 is 13.9 Å². The Kier molecular flexibility index (Phi) is 9.22. The third kappa shape index (κ3) is 8.79. The molecule has 0 saturated carbocycles. The van der Waals surface area contributed by atoms with Gasteiger partial charge in [-0.3, -0.25) is 4.57 Å². The number of hydrogen-bond acceptors (Lipinski definition) is 2. The van der Waals surface area contributed by atoms with Crippen LogP contribution in [-0.4, -0.2) is 14.1 Å². The molecule has 5 nitrogen and oxygen atoms in total. The first-order valence-corrected chi connectivity index (χ1v) is 25.7. The molecule has 12 aromatic rings. The van der Waals surface area contributed by atoms with Crippen LogP contribution in [0.2, 0.25) is 0 Å². The molecule has 0 radical (unpaired) electrons. The molecule has 386 valence electrons. The molecule has 6 heteroatoms. The zero-order valence-corrected chi connectivity index (χ0v) is 46.8. The molecule has 0 atom stereocenters. The fourth-order valence-corrected chi connectivity index (χ4v) is 10.5. The first-order chi connectivity index (χ1) is 42.5. The summed E-state index contributed by atoms with van der Waals surface area (Å²) in [7, 11) is 0. The minimum atomic E-state index is -0.662. The van der Waals surface area contributed by atoms with E-state index < -0.39 is 78.6 Å². The van der Waals surface area contributed by atoms with Crippen molar-refractivity contribution < 1.29 is 48.2 Å². The summed E-state index contributed by atoms with van der Waals surface area (Å²) in [4.78, 5) is 4.85. The largest absolute Gasteiger partial charge is 0.510 e. The maximum absolute atomic E-state index is 9.96. The van der Waals surface area contributed by atoms with Gasteiger partial charge in [-0.2, -0.15) is 18.2 Å². The number of benzene rings is 9. The zero-order valence-electron chi connectivity index (χ0n) is 57.6. The Morgan fingerprint density at radius 2 is 1.10 bits per heavy atom. The van der Waals surface area contributed by atoms with Crippen molar-refractivity contribution in [2.75, 3.05) is 0 Å². The van der Waals surface area contributed by atoms with Gasteiger partial charge in [-0.05, 0) is 124 Å². The predicted molar refractivity (Wildman–Crippen MR) is 317 cm³/mol. The van der Waals surface area contributed by atoms with Crippen molar-refractivity contribution in [2.45, 2.75) is 78.6 Å². The van der Waals surface area contributed by atoms with Gasteiger partial charge in [-0.15, -0.1) is 29.7 Å². The maximum Gasteiger partial charge on any atom is 0.268 e. The summed E-state index contributed by atoms with van der Waals surface area (Å²) in [5, 5.41) is 1.93. The molecule has 0 amide bonds. The number of aromatic nitrogens is 4. The molecule has 13 rings (SSSR count). The van der Waals surface area contributed by atoms with Crippen LogP contribution in [0.15, 0.2) is 200 Å².